The molecule has 0 saturated carbocycles. The molecule has 5 heteroatoms. The average molecular weight is 334 g/mol. The van der Waals surface area contributed by atoms with Crippen molar-refractivity contribution in [2.45, 2.75) is 32.5 Å². The molecule has 1 aliphatic heterocycles. The Balaban J connectivity index is 1.46. The molecule has 1 fully saturated rings. The van der Waals surface area contributed by atoms with E-state index in [0.29, 0.717) is 5.56 Å². The summed E-state index contributed by atoms with van der Waals surface area (Å²) in [5.74, 6) is -0.0619. The first-order valence-electron chi connectivity index (χ1n) is 8.57. The average Bonchev–Trinajstić information content (AvgIpc) is 3.21. The van der Waals surface area contributed by atoms with Crippen LogP contribution >= 0.6 is 0 Å². The number of hydrazine groups is 1. The van der Waals surface area contributed by atoms with Crippen LogP contribution in [0.4, 0.5) is 0 Å². The van der Waals surface area contributed by atoms with Crippen molar-refractivity contribution < 1.29 is 4.79 Å². The number of aromatic nitrogens is 1. The van der Waals surface area contributed by atoms with Crippen molar-refractivity contribution in [2.75, 3.05) is 0 Å². The van der Waals surface area contributed by atoms with Crippen molar-refractivity contribution >= 4 is 16.8 Å². The normalized spacial score (nSPS) is 20.1. The van der Waals surface area contributed by atoms with Gasteiger partial charge in [0.25, 0.3) is 5.91 Å². The van der Waals surface area contributed by atoms with Crippen LogP contribution in [0.25, 0.3) is 10.9 Å². The maximum absolute atomic E-state index is 12.6. The molecular weight excluding hydrogens is 312 g/mol. The van der Waals surface area contributed by atoms with Crippen molar-refractivity contribution in [3.05, 3.63) is 70.9 Å². The molecule has 1 aromatic heterocycles. The minimum absolute atomic E-state index is 0.0619. The number of rotatable bonds is 3. The standard InChI is InChI=1S/C20H22N4O/c1-12-13(2)21-17-9-8-15(10-16(12)17)20(25)22-19-11-18(23-24-19)14-6-4-3-5-7-14/h3-10,18-19,21,23-24H,11H2,1-2H3,(H,22,25). The molecule has 2 atom stereocenters. The van der Waals surface area contributed by atoms with Crippen LogP contribution in [0, 0.1) is 13.8 Å². The molecule has 5 nitrogen and oxygen atoms in total. The summed E-state index contributed by atoms with van der Waals surface area (Å²) in [4.78, 5) is 16.0. The Bertz CT molecular complexity index is 916. The van der Waals surface area contributed by atoms with E-state index in [-0.39, 0.29) is 18.1 Å². The fourth-order valence-electron chi connectivity index (χ4n) is 3.40. The van der Waals surface area contributed by atoms with Gasteiger partial charge in [0.1, 0.15) is 0 Å². The lowest BCUT2D eigenvalue weighted by molar-refractivity contribution is 0.0932. The molecule has 0 radical (unpaired) electrons. The van der Waals surface area contributed by atoms with E-state index in [1.54, 1.807) is 0 Å². The number of fused-ring (bicyclic) bond motifs is 1. The summed E-state index contributed by atoms with van der Waals surface area (Å²) in [6.07, 6.45) is 0.711. The van der Waals surface area contributed by atoms with E-state index in [9.17, 15) is 4.79 Å². The van der Waals surface area contributed by atoms with Gasteiger partial charge in [-0.15, -0.1) is 0 Å². The van der Waals surface area contributed by atoms with Crippen LogP contribution in [0.3, 0.4) is 0 Å². The number of aromatic amines is 1. The zero-order chi connectivity index (χ0) is 17.4. The first-order chi connectivity index (χ1) is 12.1. The van der Waals surface area contributed by atoms with Crippen LogP contribution in [-0.4, -0.2) is 17.1 Å². The third-order valence-corrected chi connectivity index (χ3v) is 4.98. The van der Waals surface area contributed by atoms with Crippen molar-refractivity contribution in [2.24, 2.45) is 0 Å². The van der Waals surface area contributed by atoms with Crippen LogP contribution in [0.15, 0.2) is 48.5 Å². The minimum atomic E-state index is -0.0949. The Kier molecular flexibility index (Phi) is 4.03. The zero-order valence-electron chi connectivity index (χ0n) is 14.4. The van der Waals surface area contributed by atoms with Gasteiger partial charge in [0.2, 0.25) is 0 Å². The summed E-state index contributed by atoms with van der Waals surface area (Å²) >= 11 is 0. The highest BCUT2D eigenvalue weighted by atomic mass is 16.1. The van der Waals surface area contributed by atoms with Gasteiger partial charge in [-0.2, -0.15) is 0 Å². The quantitative estimate of drug-likeness (QED) is 0.595. The zero-order valence-corrected chi connectivity index (χ0v) is 14.4. The predicted molar refractivity (Wildman–Crippen MR) is 99.1 cm³/mol. The lowest BCUT2D eigenvalue weighted by atomic mass is 10.0. The second-order valence-corrected chi connectivity index (χ2v) is 6.65. The van der Waals surface area contributed by atoms with E-state index in [1.807, 2.05) is 43.3 Å². The summed E-state index contributed by atoms with van der Waals surface area (Å²) < 4.78 is 0. The third kappa shape index (κ3) is 3.04. The van der Waals surface area contributed by atoms with E-state index in [4.69, 9.17) is 0 Å². The maximum atomic E-state index is 12.6. The van der Waals surface area contributed by atoms with Crippen molar-refractivity contribution in [1.82, 2.24) is 21.2 Å². The van der Waals surface area contributed by atoms with E-state index in [0.717, 1.165) is 23.0 Å². The molecule has 4 N–H and O–H groups in total. The van der Waals surface area contributed by atoms with Crippen LogP contribution in [0.5, 0.6) is 0 Å². The van der Waals surface area contributed by atoms with E-state index < -0.39 is 0 Å². The summed E-state index contributed by atoms with van der Waals surface area (Å²) in [5, 5.41) is 4.16. The summed E-state index contributed by atoms with van der Waals surface area (Å²) in [7, 11) is 0. The molecule has 1 amide bonds. The number of amides is 1. The van der Waals surface area contributed by atoms with Gasteiger partial charge >= 0.3 is 0 Å². The van der Waals surface area contributed by atoms with Gasteiger partial charge in [-0.1, -0.05) is 30.3 Å². The highest BCUT2D eigenvalue weighted by Gasteiger charge is 2.26. The van der Waals surface area contributed by atoms with Gasteiger partial charge in [0.15, 0.2) is 0 Å². The summed E-state index contributed by atoms with van der Waals surface area (Å²) in [5.41, 5.74) is 11.7. The molecule has 1 saturated heterocycles. The molecule has 1 aliphatic rings. The maximum Gasteiger partial charge on any atom is 0.252 e. The van der Waals surface area contributed by atoms with Gasteiger partial charge in [-0.3, -0.25) is 4.79 Å². The molecule has 3 aromatic rings. The fourth-order valence-corrected chi connectivity index (χ4v) is 3.40. The molecule has 0 aliphatic carbocycles. The predicted octanol–water partition coefficient (Wildman–Crippen LogP) is 3.08. The van der Waals surface area contributed by atoms with Crippen LogP contribution in [0.1, 0.15) is 39.6 Å². The summed E-state index contributed by atoms with van der Waals surface area (Å²) in [6, 6.07) is 16.2. The molecule has 128 valence electrons. The van der Waals surface area contributed by atoms with Gasteiger partial charge in [0.05, 0.1) is 6.17 Å². The van der Waals surface area contributed by atoms with Crippen LogP contribution in [-0.2, 0) is 0 Å². The molecule has 2 aromatic carbocycles. The number of aryl methyl sites for hydroxylation is 2. The van der Waals surface area contributed by atoms with Crippen LogP contribution < -0.4 is 16.2 Å². The van der Waals surface area contributed by atoms with E-state index in [2.05, 4.69) is 40.2 Å². The number of benzene rings is 2. The first-order valence-corrected chi connectivity index (χ1v) is 8.57. The Morgan fingerprint density at radius 1 is 1.08 bits per heavy atom. The summed E-state index contributed by atoms with van der Waals surface area (Å²) in [6.45, 7) is 4.12. The minimum Gasteiger partial charge on any atom is -0.358 e. The Labute approximate surface area is 146 Å². The second kappa shape index (κ2) is 6.35. The van der Waals surface area contributed by atoms with Gasteiger partial charge in [0, 0.05) is 34.6 Å². The number of nitrogens with one attached hydrogen (secondary N) is 4. The topological polar surface area (TPSA) is 69.0 Å². The number of hydrogen-bond acceptors (Lipinski definition) is 3. The molecular formula is C20H22N4O. The third-order valence-electron chi connectivity index (χ3n) is 4.98. The second-order valence-electron chi connectivity index (χ2n) is 6.65. The first kappa shape index (κ1) is 15.9. The lowest BCUT2D eigenvalue weighted by Gasteiger charge is -2.12. The number of hydrogen-bond donors (Lipinski definition) is 4. The van der Waals surface area contributed by atoms with Gasteiger partial charge in [-0.25, -0.2) is 10.9 Å². The molecule has 2 unspecified atom stereocenters. The highest BCUT2D eigenvalue weighted by molar-refractivity contribution is 5.99. The molecule has 25 heavy (non-hydrogen) atoms. The number of H-pyrrole nitrogens is 1. The fraction of sp³-hybridized carbons (Fsp3) is 0.250. The number of carbonyl (C=O) groups is 1. The Morgan fingerprint density at radius 3 is 2.68 bits per heavy atom. The lowest BCUT2D eigenvalue weighted by Crippen LogP contribution is -2.44. The number of carbonyl (C=O) groups excluding carboxylic acids is 1. The molecule has 0 bridgehead atoms. The van der Waals surface area contributed by atoms with Gasteiger partial charge in [-0.05, 0) is 43.2 Å². The van der Waals surface area contributed by atoms with E-state index in [1.165, 1.54) is 11.1 Å². The van der Waals surface area contributed by atoms with E-state index >= 15 is 0 Å². The monoisotopic (exact) mass is 334 g/mol. The molecule has 4 rings (SSSR count). The van der Waals surface area contributed by atoms with Gasteiger partial charge < -0.3 is 10.3 Å². The smallest absolute Gasteiger partial charge is 0.252 e. The SMILES string of the molecule is Cc1[nH]c2ccc(C(=O)NC3CC(c4ccccc4)NN3)cc2c1C. The molecule has 0 spiro atoms. The largest absolute Gasteiger partial charge is 0.358 e. The van der Waals surface area contributed by atoms with Crippen LogP contribution in [0.2, 0.25) is 0 Å². The Hall–Kier alpha value is -2.63. The molecule has 2 heterocycles. The van der Waals surface area contributed by atoms with Crippen molar-refractivity contribution in [3.8, 4) is 0 Å². The van der Waals surface area contributed by atoms with Crippen molar-refractivity contribution in [1.29, 1.82) is 0 Å². The highest BCUT2D eigenvalue weighted by Crippen LogP contribution is 2.23. The Morgan fingerprint density at radius 2 is 1.88 bits per heavy atom. The van der Waals surface area contributed by atoms with Crippen molar-refractivity contribution in [3.63, 3.8) is 0 Å².